The summed E-state index contributed by atoms with van der Waals surface area (Å²) in [7, 11) is 4.01. The van der Waals surface area contributed by atoms with Crippen LogP contribution in [0.2, 0.25) is 0 Å². The summed E-state index contributed by atoms with van der Waals surface area (Å²) in [5, 5.41) is 3.01. The molecule has 0 saturated carbocycles. The Kier molecular flexibility index (Phi) is 5.36. The molecule has 1 saturated heterocycles. The van der Waals surface area contributed by atoms with Crippen LogP contribution in [-0.2, 0) is 9.53 Å². The zero-order chi connectivity index (χ0) is 12.9. The van der Waals surface area contributed by atoms with Crippen LogP contribution in [0, 0.1) is 5.41 Å². The highest BCUT2D eigenvalue weighted by atomic mass is 16.5. The molecule has 100 valence electrons. The van der Waals surface area contributed by atoms with Crippen molar-refractivity contribution in [3.63, 3.8) is 0 Å². The molecule has 1 amide bonds. The first-order valence-electron chi connectivity index (χ1n) is 6.24. The molecule has 3 N–H and O–H groups in total. The number of hydrogen-bond donors (Lipinski definition) is 2. The highest BCUT2D eigenvalue weighted by Crippen LogP contribution is 2.29. The Balaban J connectivity index is 2.49. The number of carbonyl (C=O) groups excluding carboxylic acids is 1. The highest BCUT2D eigenvalue weighted by Gasteiger charge is 2.38. The van der Waals surface area contributed by atoms with Crippen LogP contribution in [0.1, 0.15) is 19.8 Å². The summed E-state index contributed by atoms with van der Waals surface area (Å²) < 4.78 is 5.30. The third kappa shape index (κ3) is 3.66. The number of nitrogens with one attached hydrogen (secondary N) is 1. The Morgan fingerprint density at radius 3 is 2.53 bits per heavy atom. The molecule has 0 aliphatic carbocycles. The summed E-state index contributed by atoms with van der Waals surface area (Å²) in [5.41, 5.74) is 5.37. The molecule has 1 aliphatic rings. The number of amides is 1. The van der Waals surface area contributed by atoms with Gasteiger partial charge in [0.05, 0.1) is 5.41 Å². The summed E-state index contributed by atoms with van der Waals surface area (Å²) in [6, 6.07) is 0.327. The van der Waals surface area contributed by atoms with Gasteiger partial charge in [0, 0.05) is 32.3 Å². The van der Waals surface area contributed by atoms with Gasteiger partial charge in [-0.1, -0.05) is 0 Å². The van der Waals surface area contributed by atoms with Gasteiger partial charge in [-0.05, 0) is 33.9 Å². The van der Waals surface area contributed by atoms with E-state index in [1.165, 1.54) is 0 Å². The van der Waals surface area contributed by atoms with Gasteiger partial charge in [-0.2, -0.15) is 0 Å². The van der Waals surface area contributed by atoms with Gasteiger partial charge < -0.3 is 20.7 Å². The van der Waals surface area contributed by atoms with Gasteiger partial charge in [-0.3, -0.25) is 4.79 Å². The molecule has 1 heterocycles. The minimum Gasteiger partial charge on any atom is -0.381 e. The molecule has 5 nitrogen and oxygen atoms in total. The van der Waals surface area contributed by atoms with Crippen molar-refractivity contribution in [3.05, 3.63) is 0 Å². The average molecular weight is 243 g/mol. The molecule has 0 aromatic rings. The van der Waals surface area contributed by atoms with Gasteiger partial charge in [0.1, 0.15) is 0 Å². The van der Waals surface area contributed by atoms with Gasteiger partial charge in [-0.15, -0.1) is 0 Å². The summed E-state index contributed by atoms with van der Waals surface area (Å²) in [5.74, 6) is 0.0806. The Hall–Kier alpha value is -0.650. The maximum absolute atomic E-state index is 12.2. The summed E-state index contributed by atoms with van der Waals surface area (Å²) in [4.78, 5) is 14.3. The third-order valence-corrected chi connectivity index (χ3v) is 3.76. The minimum atomic E-state index is -0.412. The van der Waals surface area contributed by atoms with Crippen molar-refractivity contribution >= 4 is 5.91 Å². The zero-order valence-corrected chi connectivity index (χ0v) is 11.2. The van der Waals surface area contributed by atoms with Gasteiger partial charge in [0.2, 0.25) is 5.91 Å². The molecule has 0 bridgehead atoms. The molecule has 5 heteroatoms. The highest BCUT2D eigenvalue weighted by molar-refractivity contribution is 5.83. The maximum Gasteiger partial charge on any atom is 0.227 e. The van der Waals surface area contributed by atoms with E-state index in [2.05, 4.69) is 17.1 Å². The van der Waals surface area contributed by atoms with Crippen LogP contribution in [0.15, 0.2) is 0 Å². The van der Waals surface area contributed by atoms with Crippen LogP contribution in [0.4, 0.5) is 0 Å². The lowest BCUT2D eigenvalue weighted by atomic mass is 9.79. The van der Waals surface area contributed by atoms with Crippen molar-refractivity contribution in [3.8, 4) is 0 Å². The topological polar surface area (TPSA) is 67.6 Å². The van der Waals surface area contributed by atoms with Gasteiger partial charge in [0.25, 0.3) is 0 Å². The SMILES string of the molecule is CC(CNC(=O)C1(CN)CCOCC1)N(C)C. The van der Waals surface area contributed by atoms with E-state index < -0.39 is 5.41 Å². The second kappa shape index (κ2) is 6.33. The Bertz CT molecular complexity index is 250. The Morgan fingerprint density at radius 1 is 1.47 bits per heavy atom. The van der Waals surface area contributed by atoms with Gasteiger partial charge >= 0.3 is 0 Å². The molecule has 1 atom stereocenters. The molecule has 1 aliphatic heterocycles. The lowest BCUT2D eigenvalue weighted by Gasteiger charge is -2.35. The number of ether oxygens (including phenoxy) is 1. The molecular formula is C12H25N3O2. The van der Waals surface area contributed by atoms with Gasteiger partial charge in [0.15, 0.2) is 0 Å². The lowest BCUT2D eigenvalue weighted by molar-refractivity contribution is -0.136. The van der Waals surface area contributed by atoms with E-state index in [0.29, 0.717) is 32.3 Å². The standard InChI is InChI=1S/C12H25N3O2/c1-10(15(2)3)8-14-11(16)12(9-13)4-6-17-7-5-12/h10H,4-9,13H2,1-3H3,(H,14,16). The number of nitrogens with two attached hydrogens (primary N) is 1. The van der Waals surface area contributed by atoms with Crippen LogP contribution < -0.4 is 11.1 Å². The number of likely N-dealkylation sites (N-methyl/N-ethyl adjacent to an activating group) is 1. The molecule has 0 aromatic heterocycles. The zero-order valence-electron chi connectivity index (χ0n) is 11.2. The minimum absolute atomic E-state index is 0.0806. The summed E-state index contributed by atoms with van der Waals surface area (Å²) in [6.45, 7) is 4.41. The van der Waals surface area contributed by atoms with E-state index in [0.717, 1.165) is 12.8 Å². The molecule has 17 heavy (non-hydrogen) atoms. The van der Waals surface area contributed by atoms with Crippen molar-refractivity contribution in [2.75, 3.05) is 40.4 Å². The van der Waals surface area contributed by atoms with Crippen LogP contribution in [0.3, 0.4) is 0 Å². The van der Waals surface area contributed by atoms with Crippen molar-refractivity contribution in [1.29, 1.82) is 0 Å². The fourth-order valence-electron chi connectivity index (χ4n) is 1.90. The number of rotatable bonds is 5. The molecule has 1 rings (SSSR count). The van der Waals surface area contributed by atoms with Crippen molar-refractivity contribution < 1.29 is 9.53 Å². The van der Waals surface area contributed by atoms with E-state index in [1.807, 2.05) is 14.1 Å². The van der Waals surface area contributed by atoms with Crippen molar-refractivity contribution in [2.45, 2.75) is 25.8 Å². The predicted molar refractivity (Wildman–Crippen MR) is 67.7 cm³/mol. The van der Waals surface area contributed by atoms with Crippen molar-refractivity contribution in [2.24, 2.45) is 11.1 Å². The first-order valence-corrected chi connectivity index (χ1v) is 6.24. The first kappa shape index (κ1) is 14.4. The van der Waals surface area contributed by atoms with E-state index in [9.17, 15) is 4.79 Å². The Labute approximate surface area is 104 Å². The smallest absolute Gasteiger partial charge is 0.227 e. The Morgan fingerprint density at radius 2 is 2.06 bits per heavy atom. The van der Waals surface area contributed by atoms with Gasteiger partial charge in [-0.25, -0.2) is 0 Å². The van der Waals surface area contributed by atoms with E-state index in [4.69, 9.17) is 10.5 Å². The fourth-order valence-corrected chi connectivity index (χ4v) is 1.90. The largest absolute Gasteiger partial charge is 0.381 e. The maximum atomic E-state index is 12.2. The molecule has 1 unspecified atom stereocenters. The second-order valence-corrected chi connectivity index (χ2v) is 5.12. The molecule has 0 aromatic carbocycles. The first-order chi connectivity index (χ1) is 8.02. The molecule has 0 radical (unpaired) electrons. The lowest BCUT2D eigenvalue weighted by Crippen LogP contribution is -2.51. The monoisotopic (exact) mass is 243 g/mol. The van der Waals surface area contributed by atoms with Crippen LogP contribution >= 0.6 is 0 Å². The van der Waals surface area contributed by atoms with E-state index >= 15 is 0 Å². The molecule has 0 spiro atoms. The molecular weight excluding hydrogens is 218 g/mol. The average Bonchev–Trinajstić information content (AvgIpc) is 2.36. The summed E-state index contributed by atoms with van der Waals surface area (Å²) in [6.07, 6.45) is 1.46. The predicted octanol–water partition coefficient (Wildman–Crippen LogP) is -0.192. The van der Waals surface area contributed by atoms with Crippen LogP contribution in [-0.4, -0.2) is 57.2 Å². The normalized spacial score (nSPS) is 21.2. The van der Waals surface area contributed by atoms with E-state index in [1.54, 1.807) is 0 Å². The quantitative estimate of drug-likeness (QED) is 0.702. The third-order valence-electron chi connectivity index (χ3n) is 3.76. The second-order valence-electron chi connectivity index (χ2n) is 5.12. The number of carbonyl (C=O) groups is 1. The van der Waals surface area contributed by atoms with E-state index in [-0.39, 0.29) is 5.91 Å². The fraction of sp³-hybridized carbons (Fsp3) is 0.917. The van der Waals surface area contributed by atoms with Crippen LogP contribution in [0.25, 0.3) is 0 Å². The molecule has 1 fully saturated rings. The van der Waals surface area contributed by atoms with Crippen molar-refractivity contribution in [1.82, 2.24) is 10.2 Å². The summed E-state index contributed by atoms with van der Waals surface area (Å²) >= 11 is 0. The van der Waals surface area contributed by atoms with Crippen LogP contribution in [0.5, 0.6) is 0 Å². The number of hydrogen-bond acceptors (Lipinski definition) is 4. The number of nitrogens with zero attached hydrogens (tertiary/aromatic N) is 1.